The first-order valence-corrected chi connectivity index (χ1v) is 22.3. The molecule has 338 valence electrons. The molecule has 6 amide bonds. The van der Waals surface area contributed by atoms with Gasteiger partial charge in [0.1, 0.15) is 30.2 Å². The molecule has 15 nitrogen and oxygen atoms in total. The van der Waals surface area contributed by atoms with Gasteiger partial charge in [-0.25, -0.2) is 4.79 Å². The molecule has 0 saturated heterocycles. The number of rotatable bonds is 12. The maximum absolute atomic E-state index is 14.6. The molecule has 5 aromatic rings. The molecule has 0 fully saturated rings. The largest absolute Gasteiger partial charge is 0.480 e. The van der Waals surface area contributed by atoms with Crippen molar-refractivity contribution in [2.24, 2.45) is 5.73 Å². The van der Waals surface area contributed by atoms with Gasteiger partial charge in [0.2, 0.25) is 35.4 Å². The van der Waals surface area contributed by atoms with Crippen LogP contribution in [0.2, 0.25) is 0 Å². The Labute approximate surface area is 381 Å². The molecule has 0 saturated carbocycles. The number of fused-ring (bicyclic) bond motifs is 19. The summed E-state index contributed by atoms with van der Waals surface area (Å²) < 4.78 is 0. The van der Waals surface area contributed by atoms with E-state index in [-0.39, 0.29) is 45.1 Å². The predicted molar refractivity (Wildman–Crippen MR) is 247 cm³/mol. The molecule has 4 aromatic carbocycles. The van der Waals surface area contributed by atoms with Crippen LogP contribution in [0.4, 0.5) is 5.69 Å². The van der Waals surface area contributed by atoms with Crippen LogP contribution in [0.5, 0.6) is 0 Å². The molecular formula is C49H53N7O8S. The minimum absolute atomic E-state index is 0.00532. The standard InChI is InChI=1S/C49H53N7O8S/c50-25-7-14-43(57)52-42-30-44(58)53-41(29-37-13-8-26-65-37)48(62)56-40(28-33-15-20-35(21-16-33)34-11-5-2-6-12-34)47(61)55-39(27-32-9-3-1-4-10-32)46(60)54-38(49(63)64)24-19-31-17-22-36(23-18-31)51-45(42)59/h1-6,8-13,15-18,20-23,26,38-42H,7,14,19,24-25,27-30,50H2,(H,51,59)(H,52,57)(H,53,58)(H,54,60)(H,55,61)(H,56,62)(H,63,64)/t38-,39+,40-,41+,42+/m0/s1. The average Bonchev–Trinajstić information content (AvgIpc) is 3.83. The predicted octanol–water partition coefficient (Wildman–Crippen LogP) is 3.67. The summed E-state index contributed by atoms with van der Waals surface area (Å²) >= 11 is 1.36. The number of thiophene rings is 1. The van der Waals surface area contributed by atoms with Crippen molar-refractivity contribution in [2.75, 3.05) is 11.9 Å². The van der Waals surface area contributed by atoms with E-state index in [1.54, 1.807) is 66.7 Å². The summed E-state index contributed by atoms with van der Waals surface area (Å²) in [5.74, 6) is -5.37. The molecule has 0 aliphatic carbocycles. The number of aryl methyl sites for hydroxylation is 1. The molecule has 16 heteroatoms. The van der Waals surface area contributed by atoms with Crippen LogP contribution in [0.3, 0.4) is 0 Å². The summed E-state index contributed by atoms with van der Waals surface area (Å²) in [6, 6.07) is 29.8. The fourth-order valence-corrected chi connectivity index (χ4v) is 8.11. The molecule has 2 aliphatic heterocycles. The number of aliphatic carboxylic acids is 1. The molecule has 0 radical (unpaired) electrons. The highest BCUT2D eigenvalue weighted by Crippen LogP contribution is 2.21. The lowest BCUT2D eigenvalue weighted by molar-refractivity contribution is -0.142. The number of amides is 6. The number of hydrogen-bond donors (Lipinski definition) is 8. The van der Waals surface area contributed by atoms with Gasteiger partial charge in [0.15, 0.2) is 0 Å². The van der Waals surface area contributed by atoms with Crippen LogP contribution in [0.25, 0.3) is 11.1 Å². The normalized spacial score (nSPS) is 20.1. The summed E-state index contributed by atoms with van der Waals surface area (Å²) in [5.41, 5.74) is 9.94. The number of carbonyl (C=O) groups excluding carboxylic acids is 6. The van der Waals surface area contributed by atoms with Gasteiger partial charge in [-0.2, -0.15) is 0 Å². The second kappa shape index (κ2) is 23.5. The number of nitrogens with one attached hydrogen (secondary N) is 6. The molecule has 7 rings (SSSR count). The highest BCUT2D eigenvalue weighted by atomic mass is 32.1. The fourth-order valence-electron chi connectivity index (χ4n) is 7.35. The summed E-state index contributed by atoms with van der Waals surface area (Å²) in [6.07, 6.45) is 0.0580. The topological polar surface area (TPSA) is 238 Å². The molecule has 1 aromatic heterocycles. The Hall–Kier alpha value is -7.17. The van der Waals surface area contributed by atoms with Crippen molar-refractivity contribution in [1.29, 1.82) is 0 Å². The van der Waals surface area contributed by atoms with E-state index in [2.05, 4.69) is 31.9 Å². The number of nitrogens with two attached hydrogens (primary N) is 1. The lowest BCUT2D eigenvalue weighted by atomic mass is 9.99. The Kier molecular flexibility index (Phi) is 17.1. The maximum Gasteiger partial charge on any atom is 0.326 e. The Morgan fingerprint density at radius 2 is 1.23 bits per heavy atom. The Bertz CT molecular complexity index is 2400. The zero-order chi connectivity index (χ0) is 46.1. The van der Waals surface area contributed by atoms with Gasteiger partial charge in [-0.05, 0) is 77.2 Å². The number of hydrogen-bond acceptors (Lipinski definition) is 9. The molecule has 2 aliphatic rings. The molecule has 0 unspecified atom stereocenters. The van der Waals surface area contributed by atoms with Crippen molar-refractivity contribution in [3.63, 3.8) is 0 Å². The van der Waals surface area contributed by atoms with E-state index in [0.717, 1.165) is 16.0 Å². The van der Waals surface area contributed by atoms with E-state index >= 15 is 0 Å². The third-order valence-corrected chi connectivity index (χ3v) is 11.8. The van der Waals surface area contributed by atoms with Gasteiger partial charge in [-0.1, -0.05) is 103 Å². The van der Waals surface area contributed by atoms with Crippen LogP contribution in [0, 0.1) is 0 Å². The molecule has 65 heavy (non-hydrogen) atoms. The monoisotopic (exact) mass is 899 g/mol. The summed E-state index contributed by atoms with van der Waals surface area (Å²) in [7, 11) is 0. The van der Waals surface area contributed by atoms with Crippen molar-refractivity contribution < 1.29 is 38.7 Å². The quantitative estimate of drug-likeness (QED) is 0.0852. The number of carboxylic acid groups (broad SMARTS) is 1. The molecular weight excluding hydrogens is 847 g/mol. The van der Waals surface area contributed by atoms with E-state index in [1.165, 1.54) is 11.3 Å². The van der Waals surface area contributed by atoms with Crippen LogP contribution >= 0.6 is 11.3 Å². The highest BCUT2D eigenvalue weighted by Gasteiger charge is 2.33. The zero-order valence-corrected chi connectivity index (χ0v) is 36.5. The SMILES string of the molecule is NCCCC(=O)N[C@@H]1CC(=O)N[C@H](Cc2cccs2)C(=O)N[C@@H](Cc2ccc(-c3ccccc3)cc2)C(=O)N[C@H](Cc2ccccc2)C(=O)N[C@H](C(=O)O)CCc2ccc(cc2)NC1=O. The molecule has 0 spiro atoms. The first-order chi connectivity index (χ1) is 31.4. The van der Waals surface area contributed by atoms with Crippen LogP contribution in [0.1, 0.15) is 47.3 Å². The van der Waals surface area contributed by atoms with Crippen molar-refractivity contribution in [2.45, 2.75) is 81.6 Å². The first kappa shape index (κ1) is 47.3. The average molecular weight is 900 g/mol. The van der Waals surface area contributed by atoms with E-state index in [4.69, 9.17) is 5.73 Å². The van der Waals surface area contributed by atoms with Gasteiger partial charge in [0.05, 0.1) is 6.42 Å². The third-order valence-electron chi connectivity index (χ3n) is 10.9. The lowest BCUT2D eigenvalue weighted by Crippen LogP contribution is -2.59. The van der Waals surface area contributed by atoms with Gasteiger partial charge < -0.3 is 42.7 Å². The second-order valence-electron chi connectivity index (χ2n) is 15.8. The second-order valence-corrected chi connectivity index (χ2v) is 16.9. The summed E-state index contributed by atoms with van der Waals surface area (Å²) in [4.78, 5) is 96.9. The molecule has 3 heterocycles. The van der Waals surface area contributed by atoms with Crippen molar-refractivity contribution in [1.82, 2.24) is 26.6 Å². The van der Waals surface area contributed by atoms with Gasteiger partial charge in [-0.3, -0.25) is 28.8 Å². The van der Waals surface area contributed by atoms with Crippen LogP contribution in [-0.4, -0.2) is 83.3 Å². The number of carbonyl (C=O) groups is 7. The highest BCUT2D eigenvalue weighted by molar-refractivity contribution is 7.09. The first-order valence-electron chi connectivity index (χ1n) is 21.5. The molecule has 9 N–H and O–H groups in total. The van der Waals surface area contributed by atoms with Crippen molar-refractivity contribution in [3.05, 3.63) is 148 Å². The number of benzene rings is 4. The number of anilines is 1. The molecule has 2 bridgehead atoms. The van der Waals surface area contributed by atoms with Crippen LogP contribution in [-0.2, 0) is 59.2 Å². The van der Waals surface area contributed by atoms with E-state index in [9.17, 15) is 38.7 Å². The smallest absolute Gasteiger partial charge is 0.326 e. The van der Waals surface area contributed by atoms with Crippen molar-refractivity contribution >= 4 is 58.4 Å². The summed E-state index contributed by atoms with van der Waals surface area (Å²) in [6.45, 7) is 0.238. The van der Waals surface area contributed by atoms with Gasteiger partial charge in [0.25, 0.3) is 0 Å². The van der Waals surface area contributed by atoms with Crippen molar-refractivity contribution in [3.8, 4) is 11.1 Å². The van der Waals surface area contributed by atoms with E-state index < -0.39 is 78.0 Å². The van der Waals surface area contributed by atoms with Gasteiger partial charge >= 0.3 is 5.97 Å². The fraction of sp³-hybridized carbons (Fsp3) is 0.286. The van der Waals surface area contributed by atoms with E-state index in [0.29, 0.717) is 28.8 Å². The van der Waals surface area contributed by atoms with Crippen LogP contribution < -0.4 is 37.6 Å². The molecule has 5 atom stereocenters. The third kappa shape index (κ3) is 14.4. The van der Waals surface area contributed by atoms with E-state index in [1.807, 2.05) is 60.0 Å². The summed E-state index contributed by atoms with van der Waals surface area (Å²) in [5, 5.41) is 28.4. The Balaban J connectivity index is 1.36. The Morgan fingerprint density at radius 3 is 1.83 bits per heavy atom. The number of carboxylic acids is 1. The minimum Gasteiger partial charge on any atom is -0.480 e. The zero-order valence-electron chi connectivity index (χ0n) is 35.7. The lowest BCUT2D eigenvalue weighted by Gasteiger charge is -2.27. The Morgan fingerprint density at radius 1 is 0.646 bits per heavy atom. The minimum atomic E-state index is -1.35. The van der Waals surface area contributed by atoms with Crippen LogP contribution in [0.15, 0.2) is 127 Å². The van der Waals surface area contributed by atoms with Gasteiger partial charge in [-0.15, -0.1) is 11.3 Å². The maximum atomic E-state index is 14.6. The van der Waals surface area contributed by atoms with Gasteiger partial charge in [0, 0.05) is 36.2 Å².